The van der Waals surface area contributed by atoms with Crippen LogP contribution in [0.3, 0.4) is 0 Å². The molecule has 9 N–H and O–H groups in total. The Bertz CT molecular complexity index is 3940. The number of para-hydroxylation sites is 2. The predicted octanol–water partition coefficient (Wildman–Crippen LogP) is 15.1. The Labute approximate surface area is 521 Å². The Morgan fingerprint density at radius 3 is 1.45 bits per heavy atom. The Morgan fingerprint density at radius 1 is 0.653 bits per heavy atom. The van der Waals surface area contributed by atoms with Gasteiger partial charge in [-0.2, -0.15) is 0 Å². The number of methoxy groups -OCH3 is 1. The molecule has 0 heterocycles. The number of nitrogens with two attached hydrogens (primary N) is 1. The minimum Gasteiger partial charge on any atom is -0.508 e. The lowest BCUT2D eigenvalue weighted by Crippen LogP contribution is -2.18. The van der Waals surface area contributed by atoms with Crippen LogP contribution in [0, 0.1) is 0 Å². The largest absolute Gasteiger partial charge is 0.526 e. The van der Waals surface area contributed by atoms with E-state index in [0.29, 0.717) is 10.7 Å². The van der Waals surface area contributed by atoms with Gasteiger partial charge in [-0.1, -0.05) is 207 Å². The van der Waals surface area contributed by atoms with Crippen molar-refractivity contribution in [3.8, 4) is 28.7 Å². The molecule has 0 aliphatic carbocycles. The summed E-state index contributed by atoms with van der Waals surface area (Å²) in [6, 6.07) is 16.7. The van der Waals surface area contributed by atoms with Crippen molar-refractivity contribution < 1.29 is 102 Å². The minimum atomic E-state index is -4.66. The van der Waals surface area contributed by atoms with Gasteiger partial charge < -0.3 is 40.2 Å². The fraction of sp³-hybridized carbons (Fsp3) is 0.458. The van der Waals surface area contributed by atoms with E-state index in [2.05, 4.69) is 26.6 Å². The van der Waals surface area contributed by atoms with Crippen molar-refractivity contribution in [3.63, 3.8) is 0 Å². The van der Waals surface area contributed by atoms with Crippen LogP contribution in [0.1, 0.15) is 210 Å². The monoisotopic (exact) mass is 1240 g/mol. The number of alkyl halides is 1. The summed E-state index contributed by atoms with van der Waals surface area (Å²) in [6.45, 7) is -13.3. The average molecular weight is 1240 g/mol. The van der Waals surface area contributed by atoms with E-state index in [1.54, 1.807) is 24.3 Å². The second-order valence-corrected chi connectivity index (χ2v) is 18.5. The summed E-state index contributed by atoms with van der Waals surface area (Å²) in [4.78, 5) is 21.3. The van der Waals surface area contributed by atoms with E-state index < -0.39 is 156 Å². The van der Waals surface area contributed by atoms with E-state index in [-0.39, 0.29) is 56.4 Å². The number of ether oxygens (including phenoxy) is 2. The normalized spacial score (nSPS) is 19.9. The maximum Gasteiger partial charge on any atom is 0.526 e. The van der Waals surface area contributed by atoms with Gasteiger partial charge in [-0.25, -0.2) is 9.35 Å². The molecular formula is C59H90ClINO12S+. The number of aromatic hydroxyl groups is 4. The number of phenols is 4. The molecule has 0 bridgehead atoms. The number of phenolic OH excluding ortho intramolecular Hbond substituents is 4. The van der Waals surface area contributed by atoms with Crippen LogP contribution in [0.25, 0.3) is 0 Å². The first-order chi connectivity index (χ1) is 49.4. The highest BCUT2D eigenvalue weighted by Crippen LogP contribution is 2.39. The van der Waals surface area contributed by atoms with Crippen molar-refractivity contribution in [2.75, 3.05) is 17.7 Å². The van der Waals surface area contributed by atoms with Crippen molar-refractivity contribution >= 4 is 61.7 Å². The van der Waals surface area contributed by atoms with E-state index in [1.807, 2.05) is 28.7 Å². The number of anilines is 1. The third kappa shape index (κ3) is 34.3. The SMILES string of the molecule is COC(=O)Cl.Oc1ccccc1.[2H]C([2H])([2H])C(C)(C)c1cc(C(C)(C([2H])([2H])[2H])C([2H])([2H])[2H])c(O)cc1N.[2H]CI.[2H]Oc1c([2H])cc(C(C)(C)C([2H])([2H])[2H])cc1C(C)(C([2H])([2H])[2H])C([2H])([2H])[2H].[2H]Oc1c([2H])cc([2H])cc1[2H].[2H][O+]([2H])S(=O)(=O)O.[2H]c1cc(C(C)(C)C([2H])([2H])[2H])cc(C(C)(C([2H])([2H])[2H])C([2H])([2H])[2H])c1OC(C)=O. The van der Waals surface area contributed by atoms with Crippen LogP contribution in [0.4, 0.5) is 10.5 Å². The van der Waals surface area contributed by atoms with Gasteiger partial charge in [0.1, 0.15) is 28.7 Å². The molecule has 16 heteroatoms. The summed E-state index contributed by atoms with van der Waals surface area (Å²) in [5.74, 6) is -2.28. The van der Waals surface area contributed by atoms with E-state index in [9.17, 15) is 23.1 Å². The third-order valence-electron chi connectivity index (χ3n) is 8.44. The second-order valence-electron chi connectivity index (χ2n) is 17.3. The van der Waals surface area contributed by atoms with Gasteiger partial charge in [0.15, 0.2) is 0 Å². The smallest absolute Gasteiger partial charge is 0.508 e. The molecule has 75 heavy (non-hydrogen) atoms. The maximum atomic E-state index is 11.5. The molecule has 0 aromatic heterocycles. The first-order valence-electron chi connectivity index (χ1n) is 39.3. The van der Waals surface area contributed by atoms with Crippen molar-refractivity contribution in [1.29, 1.82) is 5.72 Å². The zero-order chi connectivity index (χ0) is 90.3. The molecule has 5 rings (SSSR count). The molecule has 0 atom stereocenters. The molecule has 0 aliphatic heterocycles. The average Bonchev–Trinajstić information content (AvgIpc) is 0.735. The Hall–Kier alpha value is -5.07. The predicted molar refractivity (Wildman–Crippen MR) is 320 cm³/mol. The van der Waals surface area contributed by atoms with E-state index in [1.165, 1.54) is 60.8 Å². The van der Waals surface area contributed by atoms with Crippen LogP contribution < -0.4 is 10.5 Å². The van der Waals surface area contributed by atoms with Crippen molar-refractivity contribution in [1.82, 2.24) is 0 Å². The van der Waals surface area contributed by atoms with Gasteiger partial charge in [-0.15, -0.1) is 8.42 Å². The van der Waals surface area contributed by atoms with E-state index in [4.69, 9.17) is 71.1 Å². The van der Waals surface area contributed by atoms with E-state index >= 15 is 0 Å². The van der Waals surface area contributed by atoms with Gasteiger partial charge in [0.2, 0.25) is 0 Å². The topological polar surface area (TPSA) is 237 Å². The summed E-state index contributed by atoms with van der Waals surface area (Å²) >= 11 is 6.56. The van der Waals surface area contributed by atoms with Crippen LogP contribution in [0.5, 0.6) is 28.7 Å². The first kappa shape index (κ1) is 30.8. The zero-order valence-corrected chi connectivity index (χ0v) is 46.7. The molecule has 0 radical (unpaired) electrons. The van der Waals surface area contributed by atoms with Crippen LogP contribution in [0.15, 0.2) is 109 Å². The van der Waals surface area contributed by atoms with Crippen molar-refractivity contribution in [3.05, 3.63) is 142 Å². The lowest BCUT2D eigenvalue weighted by Gasteiger charge is -2.27. The summed E-state index contributed by atoms with van der Waals surface area (Å²) in [5.41, 5.74) is -7.90. The highest BCUT2D eigenvalue weighted by molar-refractivity contribution is 14.1. The van der Waals surface area contributed by atoms with Gasteiger partial charge in [-0.3, -0.25) is 4.79 Å². The number of esters is 1. The van der Waals surface area contributed by atoms with Crippen LogP contribution in [-0.2, 0) is 52.4 Å². The van der Waals surface area contributed by atoms with Gasteiger partial charge in [0.05, 0.1) is 14.0 Å². The molecule has 5 aromatic rings. The van der Waals surface area contributed by atoms with Gasteiger partial charge in [-0.05, 0) is 108 Å². The number of benzene rings is 5. The second kappa shape index (κ2) is 32.5. The third-order valence-corrected chi connectivity index (χ3v) is 8.60. The Morgan fingerprint density at radius 2 is 1.08 bits per heavy atom. The molecule has 0 saturated heterocycles. The van der Waals surface area contributed by atoms with E-state index in [0.717, 1.165) is 64.1 Å². The number of rotatable bonds is 4. The van der Waals surface area contributed by atoms with Crippen LogP contribution in [-0.4, -0.2) is 67.1 Å². The standard InChI is InChI=1S/C16H24O2.C14H23NO.C14H22O.2C6H6O.C2H3ClO2.CH3I.H2O4S/c1-11(17)18-14-9-8-12(15(2,3)4)10-13(14)16(5,6)7;1-13(2,3)9-7-10(14(4,5)6)12(16)8-11(9)15;1-13(2,3)10-7-8-12(15)11(9-10)14(4,5)6;2*7-6-4-2-1-3-5-6;1-5-2(3)4;1-2;1-5(2,3)4/h8-10H,1-7H3;7-8,16H,15H2,1-6H3;7-9,15H,1-6H3;2*1-5,7H;1H3;1H3;(H2,1,2,3,4)/p+1/i2D3,5D3,6D3,9D;1D3,4D3,5D3;1D3,4D3,5D3,8D;1D,4D,5D;;;1D;/hD4. The number of carbonyl (C=O) groups is 2. The summed E-state index contributed by atoms with van der Waals surface area (Å²) in [6.07, 6.45) is 0. The molecule has 422 valence electrons. The highest BCUT2D eigenvalue weighted by atomic mass is 127. The molecule has 0 fully saturated rings. The molecule has 5 aromatic carbocycles. The fourth-order valence-electron chi connectivity index (χ4n) is 4.93. The number of hydrogen-bond donors (Lipinski definition) is 6. The summed E-state index contributed by atoms with van der Waals surface area (Å²) < 4.78 is 313. The lowest BCUT2D eigenvalue weighted by atomic mass is 9.79. The zero-order valence-electron chi connectivity index (χ0n) is 80.0. The summed E-state index contributed by atoms with van der Waals surface area (Å²) in [5, 5.41) is 27.3. The molecule has 13 nitrogen and oxygen atoms in total. The number of carbonyl (C=O) groups excluding carboxylic acids is 2. The fourth-order valence-corrected chi connectivity index (χ4v) is 4.93. The van der Waals surface area contributed by atoms with Crippen LogP contribution >= 0.6 is 34.2 Å². The quantitative estimate of drug-likeness (QED) is 0.0144. The number of halogens is 2. The highest BCUT2D eigenvalue weighted by Gasteiger charge is 2.26. The van der Waals surface area contributed by atoms with Gasteiger partial charge in [0.25, 0.3) is 2.86 Å². The van der Waals surface area contributed by atoms with Crippen molar-refractivity contribution in [2.24, 2.45) is 0 Å². The number of hydrogen-bond acceptors (Lipinski definition) is 11. The van der Waals surface area contributed by atoms with Crippen molar-refractivity contribution in [2.45, 2.75) is 163 Å². The summed E-state index contributed by atoms with van der Waals surface area (Å²) in [7, 11) is -3.44. The maximum absolute atomic E-state index is 11.5. The lowest BCUT2D eigenvalue weighted by molar-refractivity contribution is -0.131. The Balaban J connectivity index is -0.00000132. The van der Waals surface area contributed by atoms with Crippen LogP contribution in [0.2, 0.25) is 0 Å². The first-order valence-corrected chi connectivity index (χ1v) is 24.3. The molecule has 0 aliphatic rings. The Kier molecular flexibility index (Phi) is 13.3. The molecule has 0 unspecified atom stereocenters. The number of nitrogen functional groups attached to an aromatic ring is 1. The molecular weight excluding hydrogens is 1110 g/mol. The van der Waals surface area contributed by atoms with Gasteiger partial charge >= 0.3 is 24.7 Å². The molecule has 0 amide bonds. The molecule has 0 spiro atoms. The minimum absolute atomic E-state index is 0.0446. The van der Waals surface area contributed by atoms with Gasteiger partial charge in [0, 0.05) is 74.2 Å². The molecule has 0 saturated carbocycles.